The molecule has 3 aromatic rings. The van der Waals surface area contributed by atoms with Crippen LogP contribution in [-0.2, 0) is 19.1 Å². The van der Waals surface area contributed by atoms with Crippen LogP contribution in [0, 0.1) is 22.0 Å². The molecule has 0 fully saturated rings. The number of carbonyl (C=O) groups is 2. The summed E-state index contributed by atoms with van der Waals surface area (Å²) in [4.78, 5) is 42.5. The minimum absolute atomic E-state index is 0.0635. The van der Waals surface area contributed by atoms with Gasteiger partial charge in [0.25, 0.3) is 5.69 Å². The van der Waals surface area contributed by atoms with Crippen LogP contribution >= 0.6 is 25.4 Å². The number of esters is 2. The zero-order valence-corrected chi connectivity index (χ0v) is 28.0. The summed E-state index contributed by atoms with van der Waals surface area (Å²) in [6.45, 7) is 9.21. The van der Waals surface area contributed by atoms with Crippen molar-refractivity contribution >= 4 is 78.8 Å². The quantitative estimate of drug-likeness (QED) is 0.0668. The van der Waals surface area contributed by atoms with E-state index in [4.69, 9.17) is 9.47 Å². The molecule has 0 bridgehead atoms. The summed E-state index contributed by atoms with van der Waals surface area (Å²) in [7, 11) is 0. The van der Waals surface area contributed by atoms with Gasteiger partial charge in [-0.3, -0.25) is 20.1 Å². The molecule has 0 aliphatic heterocycles. The number of benzene rings is 1. The number of aromatic nitrogens is 2. The molecule has 0 aliphatic rings. The van der Waals surface area contributed by atoms with Crippen LogP contribution in [0.5, 0.6) is 0 Å². The molecule has 0 amide bonds. The molecule has 2 aromatic heterocycles. The van der Waals surface area contributed by atoms with Crippen molar-refractivity contribution in [3.8, 4) is 0 Å². The Morgan fingerprint density at radius 2 is 1.42 bits per heavy atom. The van der Waals surface area contributed by atoms with Crippen molar-refractivity contribution in [1.29, 1.82) is 0 Å². The van der Waals surface area contributed by atoms with Gasteiger partial charge >= 0.3 is 145 Å². The van der Waals surface area contributed by atoms with Gasteiger partial charge in [0, 0.05) is 23.8 Å². The number of hydrogen-bond donors (Lipinski definition) is 0. The topological polar surface area (TPSA) is 122 Å². The van der Waals surface area contributed by atoms with Gasteiger partial charge in [-0.1, -0.05) is 6.07 Å². The number of carbonyl (C=O) groups excluding carboxylic acids is 2. The molecule has 0 spiro atoms. The van der Waals surface area contributed by atoms with Crippen LogP contribution in [0.25, 0.3) is 21.8 Å². The molecule has 0 unspecified atom stereocenters. The fraction of sp³-hybridized carbons (Fsp3) is 0.462. The number of nitrogens with zero attached hydrogens (tertiary/aromatic N) is 3. The first-order chi connectivity index (χ1) is 17.9. The van der Waals surface area contributed by atoms with Crippen molar-refractivity contribution in [2.45, 2.75) is 49.4 Å². The van der Waals surface area contributed by atoms with E-state index in [9.17, 15) is 19.7 Å². The van der Waals surface area contributed by atoms with Gasteiger partial charge in [0.1, 0.15) is 5.52 Å². The van der Waals surface area contributed by atoms with E-state index in [-0.39, 0.29) is 26.5 Å². The van der Waals surface area contributed by atoms with E-state index in [1.54, 1.807) is 36.7 Å². The third-order valence-corrected chi connectivity index (χ3v) is 17.5. The summed E-state index contributed by atoms with van der Waals surface area (Å²) in [5, 5.41) is 12.3. The van der Waals surface area contributed by atoms with Gasteiger partial charge < -0.3 is 0 Å². The minimum atomic E-state index is -3.08. The molecule has 0 radical (unpaired) electrons. The largest absolute Gasteiger partial charge is 0.279 e. The Balaban J connectivity index is 0.000000271. The fourth-order valence-corrected chi connectivity index (χ4v) is 12.8. The first-order valence-electron chi connectivity index (χ1n) is 12.4. The van der Waals surface area contributed by atoms with Crippen LogP contribution in [0.15, 0.2) is 42.7 Å². The molecule has 3 rings (SSSR count). The van der Waals surface area contributed by atoms with Gasteiger partial charge in [-0.05, 0) is 18.2 Å². The molecule has 0 N–H and O–H groups in total. The molecule has 0 saturated carbocycles. The SMILES string of the molecule is CC(C)CCOC(=O)[CH2][Sn]([Br])([Br])[CH2]C(=O)OCCC(C)C.O=[N+]([O-])c1cc2cccnc2c2ncccc12. The van der Waals surface area contributed by atoms with E-state index >= 15 is 0 Å². The Labute approximate surface area is 238 Å². The van der Waals surface area contributed by atoms with E-state index in [2.05, 4.69) is 63.1 Å². The Hall–Kier alpha value is -1.86. The maximum Gasteiger partial charge on any atom is 0.279 e. The second kappa shape index (κ2) is 15.7. The van der Waals surface area contributed by atoms with Gasteiger partial charge in [-0.25, -0.2) is 0 Å². The summed E-state index contributed by atoms with van der Waals surface area (Å²) in [5.41, 5.74) is 1.32. The predicted molar refractivity (Wildman–Crippen MR) is 158 cm³/mol. The standard InChI is InChI=1S/C12H7N3O2.2C7H13O2.2BrH.Sn/c16-15(17)10-7-8-3-1-5-13-11(8)12-9(10)4-2-6-14-12;2*1-6(2)4-5-9-7(3)8;;;/h1-7H;2*6H,3-5H2,1-2H3;2*1H;/q;;;;;+2/p-2. The zero-order chi connectivity index (χ0) is 28.3. The second-order valence-electron chi connectivity index (χ2n) is 9.64. The molecular weight excluding hydrogens is 729 g/mol. The number of non-ortho nitro benzene ring substituents is 1. The van der Waals surface area contributed by atoms with Crippen molar-refractivity contribution in [2.75, 3.05) is 13.2 Å². The monoisotopic (exact) mass is 761 g/mol. The first-order valence-corrected chi connectivity index (χ1v) is 29.2. The molecule has 38 heavy (non-hydrogen) atoms. The number of fused-ring (bicyclic) bond motifs is 3. The summed E-state index contributed by atoms with van der Waals surface area (Å²) >= 11 is 4.02. The molecule has 0 atom stereocenters. The van der Waals surface area contributed by atoms with E-state index in [1.807, 2.05) is 0 Å². The van der Waals surface area contributed by atoms with E-state index in [0.717, 1.165) is 18.2 Å². The number of pyridine rings is 2. The maximum atomic E-state index is 11.7. The summed E-state index contributed by atoms with van der Waals surface area (Å²) < 4.78 is 10.9. The van der Waals surface area contributed by atoms with Gasteiger partial charge in [-0.15, -0.1) is 0 Å². The van der Waals surface area contributed by atoms with Gasteiger partial charge in [0.15, 0.2) is 0 Å². The molecular formula is C26H33Br2N3O6Sn. The molecule has 206 valence electrons. The number of nitro benzene ring substituents is 1. The second-order valence-corrected chi connectivity index (χ2v) is 44.1. The molecule has 12 heteroatoms. The number of nitro groups is 1. The third kappa shape index (κ3) is 11.1. The van der Waals surface area contributed by atoms with Crippen LogP contribution in [-0.4, -0.2) is 54.0 Å². The van der Waals surface area contributed by atoms with Gasteiger partial charge in [-0.2, -0.15) is 0 Å². The molecule has 0 aliphatic carbocycles. The summed E-state index contributed by atoms with van der Waals surface area (Å²) in [6.07, 6.45) is 4.98. The van der Waals surface area contributed by atoms with Gasteiger partial charge in [0.05, 0.1) is 15.8 Å². The number of ether oxygens (including phenoxy) is 2. The van der Waals surface area contributed by atoms with E-state index < -0.39 is 18.9 Å². The summed E-state index contributed by atoms with van der Waals surface area (Å²) in [6, 6.07) is 8.45. The van der Waals surface area contributed by atoms with E-state index in [0.29, 0.717) is 41.5 Å². The predicted octanol–water partition coefficient (Wildman–Crippen LogP) is 7.09. The van der Waals surface area contributed by atoms with Crippen molar-refractivity contribution in [3.63, 3.8) is 0 Å². The number of hydrogen-bond acceptors (Lipinski definition) is 8. The Bertz CT molecular complexity index is 1230. The average Bonchev–Trinajstić information content (AvgIpc) is 2.82. The van der Waals surface area contributed by atoms with Crippen molar-refractivity contribution in [3.05, 3.63) is 52.8 Å². The Kier molecular flexibility index (Phi) is 13.3. The van der Waals surface area contributed by atoms with Crippen LogP contribution in [0.4, 0.5) is 5.69 Å². The van der Waals surface area contributed by atoms with E-state index in [1.165, 1.54) is 6.07 Å². The zero-order valence-electron chi connectivity index (χ0n) is 22.0. The Morgan fingerprint density at radius 1 is 0.921 bits per heavy atom. The average molecular weight is 762 g/mol. The summed E-state index contributed by atoms with van der Waals surface area (Å²) in [5.74, 6) is 0.537. The van der Waals surface area contributed by atoms with Crippen molar-refractivity contribution in [2.24, 2.45) is 11.8 Å². The molecule has 9 nitrogen and oxygen atoms in total. The smallest absolute Gasteiger partial charge is 0.258 e. The normalized spacial score (nSPS) is 11.4. The van der Waals surface area contributed by atoms with Crippen molar-refractivity contribution in [1.82, 2.24) is 9.97 Å². The fourth-order valence-electron chi connectivity index (χ4n) is 3.31. The molecule has 2 heterocycles. The minimum Gasteiger partial charge on any atom is -0.258 e. The number of halogens is 2. The van der Waals surface area contributed by atoms with Gasteiger partial charge in [0.2, 0.25) is 0 Å². The number of rotatable bonds is 11. The van der Waals surface area contributed by atoms with Crippen LogP contribution < -0.4 is 0 Å². The van der Waals surface area contributed by atoms with Crippen LogP contribution in [0.1, 0.15) is 40.5 Å². The Morgan fingerprint density at radius 3 is 1.92 bits per heavy atom. The van der Waals surface area contributed by atoms with Crippen molar-refractivity contribution < 1.29 is 24.0 Å². The maximum absolute atomic E-state index is 11.7. The molecule has 0 saturated heterocycles. The van der Waals surface area contributed by atoms with Crippen LogP contribution in [0.3, 0.4) is 0 Å². The first kappa shape index (κ1) is 32.4. The molecule has 1 aromatic carbocycles. The third-order valence-electron chi connectivity index (χ3n) is 5.36. The van der Waals surface area contributed by atoms with Crippen LogP contribution in [0.2, 0.25) is 8.87 Å².